The Bertz CT molecular complexity index is 743. The summed E-state index contributed by atoms with van der Waals surface area (Å²) < 4.78 is 37.8. The van der Waals surface area contributed by atoms with Gasteiger partial charge in [-0.25, -0.2) is 0 Å². The first-order chi connectivity index (χ1) is 20.5. The van der Waals surface area contributed by atoms with E-state index in [9.17, 15) is 40.9 Å². The Morgan fingerprint density at radius 3 is 1.91 bits per heavy atom. The number of ether oxygens (including phenoxy) is 4. The van der Waals surface area contributed by atoms with Crippen LogP contribution in [0.1, 0.15) is 44.9 Å². The minimum Gasteiger partial charge on any atom is -0.394 e. The summed E-state index contributed by atoms with van der Waals surface area (Å²) in [5.74, 6) is -0.870. The van der Waals surface area contributed by atoms with Gasteiger partial charge in [0.05, 0.1) is 13.2 Å². The maximum Gasteiger partial charge on any atom is 0.500 e. The van der Waals surface area contributed by atoms with E-state index in [0.29, 0.717) is 6.42 Å². The lowest BCUT2D eigenvalue weighted by Gasteiger charge is -2.49. The predicted octanol–water partition coefficient (Wildman–Crippen LogP) is -1.71. The van der Waals surface area contributed by atoms with Crippen LogP contribution in [0.2, 0.25) is 6.04 Å². The smallest absolute Gasteiger partial charge is 0.394 e. The third kappa shape index (κ3) is 11.0. The van der Waals surface area contributed by atoms with Gasteiger partial charge in [-0.2, -0.15) is 11.8 Å². The second-order valence-electron chi connectivity index (χ2n) is 10.7. The van der Waals surface area contributed by atoms with E-state index in [1.807, 2.05) is 11.8 Å². The fraction of sp³-hybridized carbons (Fsp3) is 1.00. The van der Waals surface area contributed by atoms with Crippen molar-refractivity contribution in [2.45, 2.75) is 112 Å². The van der Waals surface area contributed by atoms with E-state index in [-0.39, 0.29) is 6.61 Å². The molecule has 0 radical (unpaired) electrons. The third-order valence-electron chi connectivity index (χ3n) is 7.72. The maximum absolute atomic E-state index is 10.7. The normalized spacial score (nSPS) is 35.4. The summed E-state index contributed by atoms with van der Waals surface area (Å²) >= 11 is 1.91. The molecule has 2 saturated heterocycles. The minimum absolute atomic E-state index is 0.233. The van der Waals surface area contributed by atoms with Gasteiger partial charge in [-0.05, 0) is 30.8 Å². The predicted molar refractivity (Wildman–Crippen MR) is 155 cm³/mol. The summed E-state index contributed by atoms with van der Waals surface area (Å²) in [6.07, 6.45) is -8.14. The first kappa shape index (κ1) is 39.1. The largest absolute Gasteiger partial charge is 0.500 e. The topological polar surface area (TPSA) is 226 Å². The molecular formula is C26H52O15SSi. The van der Waals surface area contributed by atoms with Crippen LogP contribution < -0.4 is 0 Å². The van der Waals surface area contributed by atoms with Crippen molar-refractivity contribution in [3.05, 3.63) is 0 Å². The Labute approximate surface area is 258 Å². The third-order valence-corrected chi connectivity index (χ3v) is 11.7. The lowest BCUT2D eigenvalue weighted by molar-refractivity contribution is -0.473. The van der Waals surface area contributed by atoms with E-state index in [0.717, 1.165) is 56.1 Å². The van der Waals surface area contributed by atoms with Gasteiger partial charge in [0, 0.05) is 34.0 Å². The fourth-order valence-corrected chi connectivity index (χ4v) is 7.95. The van der Waals surface area contributed by atoms with Crippen molar-refractivity contribution in [1.29, 1.82) is 0 Å². The molecule has 2 aliphatic heterocycles. The van der Waals surface area contributed by atoms with Gasteiger partial charge >= 0.3 is 14.8 Å². The Morgan fingerprint density at radius 2 is 1.30 bits per heavy atom. The molecule has 17 heteroatoms. The Kier molecular flexibility index (Phi) is 17.8. The molecule has 0 aromatic rings. The zero-order valence-electron chi connectivity index (χ0n) is 25.2. The molecule has 2 aliphatic rings. The second-order valence-corrected chi connectivity index (χ2v) is 15.0. The van der Waals surface area contributed by atoms with Crippen molar-refractivity contribution in [2.24, 2.45) is 0 Å². The van der Waals surface area contributed by atoms with Crippen LogP contribution in [-0.4, -0.2) is 163 Å². The first-order valence-corrected chi connectivity index (χ1v) is 17.8. The molecule has 0 amide bonds. The van der Waals surface area contributed by atoms with Crippen LogP contribution in [0.25, 0.3) is 0 Å². The number of hydrogen-bond donors (Lipinski definition) is 8. The molecule has 0 aliphatic carbocycles. The van der Waals surface area contributed by atoms with E-state index >= 15 is 0 Å². The highest BCUT2D eigenvalue weighted by Gasteiger charge is 2.58. The molecule has 2 heterocycles. The van der Waals surface area contributed by atoms with Crippen molar-refractivity contribution in [3.63, 3.8) is 0 Å². The van der Waals surface area contributed by atoms with Gasteiger partial charge in [-0.1, -0.05) is 25.7 Å². The summed E-state index contributed by atoms with van der Waals surface area (Å²) in [6.45, 7) is -1.31. The Balaban J connectivity index is 1.64. The van der Waals surface area contributed by atoms with Gasteiger partial charge in [-0.15, -0.1) is 0 Å². The van der Waals surface area contributed by atoms with Crippen molar-refractivity contribution < 1.29 is 73.1 Å². The fourth-order valence-electron chi connectivity index (χ4n) is 5.01. The van der Waals surface area contributed by atoms with Crippen molar-refractivity contribution in [1.82, 2.24) is 0 Å². The molecule has 0 aromatic carbocycles. The number of aliphatic hydroxyl groups excluding tert-OH is 7. The van der Waals surface area contributed by atoms with Crippen LogP contribution >= 0.6 is 11.8 Å². The molecule has 8 N–H and O–H groups in total. The number of aliphatic hydroxyl groups is 8. The van der Waals surface area contributed by atoms with Crippen LogP contribution in [0.15, 0.2) is 0 Å². The lowest BCUT2D eigenvalue weighted by atomic mass is 9.96. The molecular weight excluding hydrogens is 612 g/mol. The van der Waals surface area contributed by atoms with E-state index in [4.69, 9.17) is 32.2 Å². The average molecular weight is 665 g/mol. The Morgan fingerprint density at radius 1 is 0.721 bits per heavy atom. The molecule has 0 bridgehead atoms. The van der Waals surface area contributed by atoms with E-state index in [1.54, 1.807) is 21.3 Å². The zero-order chi connectivity index (χ0) is 32.0. The van der Waals surface area contributed by atoms with Gasteiger partial charge in [0.1, 0.15) is 42.7 Å². The van der Waals surface area contributed by atoms with Crippen molar-refractivity contribution in [2.75, 3.05) is 52.7 Å². The highest BCUT2D eigenvalue weighted by Crippen LogP contribution is 2.34. The summed E-state index contributed by atoms with van der Waals surface area (Å²) in [5.41, 5.74) is 0. The van der Waals surface area contributed by atoms with Gasteiger partial charge in [0.2, 0.25) is 0 Å². The number of hydrogen-bond acceptors (Lipinski definition) is 16. The monoisotopic (exact) mass is 664 g/mol. The summed E-state index contributed by atoms with van der Waals surface area (Å²) in [4.78, 5) is 0. The molecule has 0 unspecified atom stereocenters. The first-order valence-electron chi connectivity index (χ1n) is 14.7. The number of rotatable bonds is 21. The van der Waals surface area contributed by atoms with Crippen LogP contribution in [0.4, 0.5) is 0 Å². The summed E-state index contributed by atoms with van der Waals surface area (Å²) in [7, 11) is 2.39. The molecule has 0 aromatic heterocycles. The number of thioether (sulfide) groups is 1. The lowest BCUT2D eigenvalue weighted by Crippen LogP contribution is -2.70. The van der Waals surface area contributed by atoms with Gasteiger partial charge in [-0.3, -0.25) is 0 Å². The minimum atomic E-state index is -2.99. The molecule has 15 nitrogen and oxygen atoms in total. The quantitative estimate of drug-likeness (QED) is 0.0388. The molecule has 256 valence electrons. The highest BCUT2D eigenvalue weighted by atomic mass is 32.2. The molecule has 43 heavy (non-hydrogen) atoms. The zero-order valence-corrected chi connectivity index (χ0v) is 27.0. The molecule has 2 rings (SSSR count). The maximum atomic E-state index is 10.7. The summed E-state index contributed by atoms with van der Waals surface area (Å²) in [6, 6.07) is 0.799. The van der Waals surface area contributed by atoms with E-state index in [1.165, 1.54) is 0 Å². The summed E-state index contributed by atoms with van der Waals surface area (Å²) in [5, 5.41) is 81.2. The molecule has 10 atom stereocenters. The van der Waals surface area contributed by atoms with Crippen LogP contribution in [0.3, 0.4) is 0 Å². The van der Waals surface area contributed by atoms with E-state index < -0.39 is 83.1 Å². The molecule has 0 spiro atoms. The van der Waals surface area contributed by atoms with Crippen molar-refractivity contribution in [3.8, 4) is 0 Å². The van der Waals surface area contributed by atoms with E-state index in [2.05, 4.69) is 0 Å². The van der Waals surface area contributed by atoms with Crippen LogP contribution in [0, 0.1) is 0 Å². The Hall–Kier alpha value is -0.0331. The van der Waals surface area contributed by atoms with Crippen molar-refractivity contribution >= 4 is 20.6 Å². The van der Waals surface area contributed by atoms with Gasteiger partial charge in [0.15, 0.2) is 12.4 Å². The van der Waals surface area contributed by atoms with Crippen LogP contribution in [0.5, 0.6) is 0 Å². The van der Waals surface area contributed by atoms with Crippen LogP contribution in [-0.2, 0) is 32.2 Å². The number of unbranched alkanes of at least 4 members (excludes halogenated alkanes) is 5. The van der Waals surface area contributed by atoms with Gasteiger partial charge in [0.25, 0.3) is 0 Å². The standard InChI is InChI=1S/C26H52O15SSi/c1-35-43(36-2,37-3)14-10-13-42-12-9-7-5-4-6-8-11-38-25-22(32)20(30)23(18(16-28)39-25)41-26(34)24(33)21(31)19(29)17(15-27)40-26/h17-25,27-34H,4-16H2,1-3H3/t17-,18-,19+,20-,21+,22-,23-,24-,25+,26+/m1/s1. The average Bonchev–Trinajstić information content (AvgIpc) is 3.02. The molecule has 0 saturated carbocycles. The highest BCUT2D eigenvalue weighted by molar-refractivity contribution is 7.99. The second kappa shape index (κ2) is 19.6. The molecule has 2 fully saturated rings. The SMILES string of the molecule is CO[Si](CCCSCCCCCCCCO[C@H]1O[C@H](CO)[C@@H](O[C@@]2(O)O[C@H](CO)[C@H](O)[C@H](O)[C@H]2O)[C@H](O)[C@H]1O)(OC)OC. The van der Waals surface area contributed by atoms with Gasteiger partial charge < -0.3 is 73.1 Å².